The Morgan fingerprint density at radius 2 is 1.91 bits per heavy atom. The third-order valence-electron chi connectivity index (χ3n) is 2.29. The van der Waals surface area contributed by atoms with E-state index in [4.69, 9.17) is 4.74 Å². The minimum Gasteiger partial charge on any atom is -0.369 e. The fraction of sp³-hybridized carbons (Fsp3) is 1.00. The summed E-state index contributed by atoms with van der Waals surface area (Å²) >= 11 is 0. The standard InChI is InChI=1S/C8H14F2O/c1-6(2)8(3-4-8)11-5-7(9)10/h6-7H,3-5H2,1-2H3. The quantitative estimate of drug-likeness (QED) is 0.620. The van der Waals surface area contributed by atoms with Gasteiger partial charge in [-0.25, -0.2) is 8.78 Å². The Labute approximate surface area is 65.7 Å². The molecule has 66 valence electrons. The minimum atomic E-state index is -2.33. The van der Waals surface area contributed by atoms with Crippen molar-refractivity contribution < 1.29 is 13.5 Å². The second kappa shape index (κ2) is 3.05. The molecule has 0 amide bonds. The lowest BCUT2D eigenvalue weighted by Gasteiger charge is -2.19. The first-order valence-electron chi connectivity index (χ1n) is 3.99. The van der Waals surface area contributed by atoms with Gasteiger partial charge in [-0.1, -0.05) is 13.8 Å². The van der Waals surface area contributed by atoms with Gasteiger partial charge < -0.3 is 4.74 Å². The first-order valence-corrected chi connectivity index (χ1v) is 3.99. The minimum absolute atomic E-state index is 0.198. The molecule has 0 heterocycles. The number of alkyl halides is 2. The summed E-state index contributed by atoms with van der Waals surface area (Å²) in [4.78, 5) is 0. The molecule has 11 heavy (non-hydrogen) atoms. The van der Waals surface area contributed by atoms with Gasteiger partial charge in [0.2, 0.25) is 0 Å². The zero-order chi connectivity index (χ0) is 8.48. The van der Waals surface area contributed by atoms with Crippen LogP contribution in [0.5, 0.6) is 0 Å². The zero-order valence-electron chi connectivity index (χ0n) is 6.94. The van der Waals surface area contributed by atoms with Crippen molar-refractivity contribution in [3.8, 4) is 0 Å². The van der Waals surface area contributed by atoms with E-state index >= 15 is 0 Å². The largest absolute Gasteiger partial charge is 0.369 e. The zero-order valence-corrected chi connectivity index (χ0v) is 6.94. The molecule has 1 nitrogen and oxygen atoms in total. The Morgan fingerprint density at radius 3 is 2.18 bits per heavy atom. The maximum absolute atomic E-state index is 11.7. The summed E-state index contributed by atoms with van der Waals surface area (Å²) in [5, 5.41) is 0. The molecule has 0 N–H and O–H groups in total. The van der Waals surface area contributed by atoms with Crippen molar-refractivity contribution >= 4 is 0 Å². The first-order chi connectivity index (χ1) is 5.07. The molecule has 1 aliphatic carbocycles. The first kappa shape index (κ1) is 8.91. The third kappa shape index (κ3) is 2.12. The summed E-state index contributed by atoms with van der Waals surface area (Å²) in [6, 6.07) is 0. The van der Waals surface area contributed by atoms with Crippen molar-refractivity contribution in [1.82, 2.24) is 0 Å². The van der Waals surface area contributed by atoms with Crippen LogP contribution in [0.15, 0.2) is 0 Å². The second-order valence-electron chi connectivity index (χ2n) is 3.42. The number of hydrogen-bond donors (Lipinski definition) is 0. The van der Waals surface area contributed by atoms with Crippen LogP contribution in [-0.4, -0.2) is 18.6 Å². The van der Waals surface area contributed by atoms with Crippen molar-refractivity contribution in [2.45, 2.75) is 38.7 Å². The molecule has 0 spiro atoms. The van der Waals surface area contributed by atoms with E-state index in [0.29, 0.717) is 5.92 Å². The van der Waals surface area contributed by atoms with Crippen LogP contribution in [-0.2, 0) is 4.74 Å². The molecule has 0 bridgehead atoms. The van der Waals surface area contributed by atoms with E-state index in [0.717, 1.165) is 12.8 Å². The Morgan fingerprint density at radius 1 is 1.36 bits per heavy atom. The monoisotopic (exact) mass is 164 g/mol. The van der Waals surface area contributed by atoms with Gasteiger partial charge in [0.25, 0.3) is 6.43 Å². The highest BCUT2D eigenvalue weighted by Gasteiger charge is 2.47. The highest BCUT2D eigenvalue weighted by atomic mass is 19.3. The van der Waals surface area contributed by atoms with E-state index in [-0.39, 0.29) is 5.60 Å². The molecule has 0 radical (unpaired) electrons. The van der Waals surface area contributed by atoms with E-state index in [1.165, 1.54) is 0 Å². The van der Waals surface area contributed by atoms with Crippen molar-refractivity contribution in [3.05, 3.63) is 0 Å². The van der Waals surface area contributed by atoms with Crippen LogP contribution in [0.4, 0.5) is 8.78 Å². The number of halogens is 2. The van der Waals surface area contributed by atoms with Crippen LogP contribution in [0, 0.1) is 5.92 Å². The topological polar surface area (TPSA) is 9.23 Å². The predicted octanol–water partition coefficient (Wildman–Crippen LogP) is 2.46. The second-order valence-corrected chi connectivity index (χ2v) is 3.42. The summed E-state index contributed by atoms with van der Waals surface area (Å²) in [5.74, 6) is 0.362. The molecule has 1 rings (SSSR count). The molecule has 0 aromatic heterocycles. The fourth-order valence-corrected chi connectivity index (χ4v) is 1.24. The van der Waals surface area contributed by atoms with E-state index < -0.39 is 13.0 Å². The van der Waals surface area contributed by atoms with Gasteiger partial charge in [-0.3, -0.25) is 0 Å². The Bertz CT molecular complexity index is 130. The van der Waals surface area contributed by atoms with Gasteiger partial charge in [0, 0.05) is 0 Å². The number of hydrogen-bond acceptors (Lipinski definition) is 1. The molecule has 1 saturated carbocycles. The van der Waals surface area contributed by atoms with Gasteiger partial charge in [-0.15, -0.1) is 0 Å². The van der Waals surface area contributed by atoms with Crippen LogP contribution in [0.2, 0.25) is 0 Å². The molecular formula is C8H14F2O. The van der Waals surface area contributed by atoms with Crippen LogP contribution >= 0.6 is 0 Å². The van der Waals surface area contributed by atoms with Crippen molar-refractivity contribution in [2.24, 2.45) is 5.92 Å². The van der Waals surface area contributed by atoms with Gasteiger partial charge in [0.15, 0.2) is 0 Å². The average molecular weight is 164 g/mol. The van der Waals surface area contributed by atoms with Crippen molar-refractivity contribution in [3.63, 3.8) is 0 Å². The van der Waals surface area contributed by atoms with E-state index in [1.54, 1.807) is 0 Å². The normalized spacial score (nSPS) is 21.3. The van der Waals surface area contributed by atoms with Gasteiger partial charge >= 0.3 is 0 Å². The Kier molecular flexibility index (Phi) is 2.47. The summed E-state index contributed by atoms with van der Waals surface area (Å²) in [5.41, 5.74) is -0.198. The average Bonchev–Trinajstić information content (AvgIpc) is 2.63. The maximum Gasteiger partial charge on any atom is 0.261 e. The van der Waals surface area contributed by atoms with Gasteiger partial charge in [-0.05, 0) is 18.8 Å². The maximum atomic E-state index is 11.7. The SMILES string of the molecule is CC(C)C1(OCC(F)F)CC1. The lowest BCUT2D eigenvalue weighted by molar-refractivity contribution is -0.0562. The highest BCUT2D eigenvalue weighted by molar-refractivity contribution is 4.98. The van der Waals surface area contributed by atoms with Crippen LogP contribution in [0.3, 0.4) is 0 Å². The molecular weight excluding hydrogens is 150 g/mol. The molecule has 0 aliphatic heterocycles. The smallest absolute Gasteiger partial charge is 0.261 e. The summed E-state index contributed by atoms with van der Waals surface area (Å²) < 4.78 is 28.6. The van der Waals surface area contributed by atoms with E-state index in [9.17, 15) is 8.78 Å². The molecule has 0 saturated heterocycles. The summed E-state index contributed by atoms with van der Waals surface area (Å²) in [6.45, 7) is 3.62. The fourth-order valence-electron chi connectivity index (χ4n) is 1.24. The van der Waals surface area contributed by atoms with E-state index in [1.807, 2.05) is 13.8 Å². The van der Waals surface area contributed by atoms with Crippen LogP contribution in [0.1, 0.15) is 26.7 Å². The molecule has 0 aromatic carbocycles. The van der Waals surface area contributed by atoms with Crippen molar-refractivity contribution in [2.75, 3.05) is 6.61 Å². The van der Waals surface area contributed by atoms with Crippen LogP contribution in [0.25, 0.3) is 0 Å². The summed E-state index contributed by atoms with van der Waals surface area (Å²) in [6.07, 6.45) is -0.444. The molecule has 0 atom stereocenters. The molecule has 1 aliphatic rings. The molecule has 0 unspecified atom stereocenters. The van der Waals surface area contributed by atoms with Gasteiger partial charge in [0.1, 0.15) is 6.61 Å². The summed E-state index contributed by atoms with van der Waals surface area (Å²) in [7, 11) is 0. The third-order valence-corrected chi connectivity index (χ3v) is 2.29. The van der Waals surface area contributed by atoms with Gasteiger partial charge in [-0.2, -0.15) is 0 Å². The number of rotatable bonds is 4. The highest BCUT2D eigenvalue weighted by Crippen LogP contribution is 2.45. The molecule has 1 fully saturated rings. The van der Waals surface area contributed by atoms with Crippen LogP contribution < -0.4 is 0 Å². The number of ether oxygens (including phenoxy) is 1. The molecule has 3 heteroatoms. The predicted molar refractivity (Wildman–Crippen MR) is 38.8 cm³/mol. The van der Waals surface area contributed by atoms with Crippen molar-refractivity contribution in [1.29, 1.82) is 0 Å². The Balaban J connectivity index is 2.25. The lowest BCUT2D eigenvalue weighted by atomic mass is 10.1. The van der Waals surface area contributed by atoms with E-state index in [2.05, 4.69) is 0 Å². The van der Waals surface area contributed by atoms with Gasteiger partial charge in [0.05, 0.1) is 5.60 Å². The lowest BCUT2D eigenvalue weighted by Crippen LogP contribution is -2.24. The molecule has 0 aromatic rings. The Hall–Kier alpha value is -0.180.